The summed E-state index contributed by atoms with van der Waals surface area (Å²) >= 11 is 14.2. The molecule has 7 fully saturated rings. The van der Waals surface area contributed by atoms with Crippen molar-refractivity contribution in [2.75, 3.05) is 68.8 Å². The van der Waals surface area contributed by atoms with E-state index in [1.165, 1.54) is 0 Å². The molecule has 2 spiro atoms. The first-order valence-corrected chi connectivity index (χ1v) is 31.9. The Balaban J connectivity index is 0.000000170. The monoisotopic (exact) mass is 1220 g/mol. The number of H-pyrrole nitrogens is 2. The predicted molar refractivity (Wildman–Crippen MR) is 338 cm³/mol. The van der Waals surface area contributed by atoms with Gasteiger partial charge in [-0.1, -0.05) is 30.1 Å². The lowest BCUT2D eigenvalue weighted by atomic mass is 9.60. The van der Waals surface area contributed by atoms with E-state index < -0.39 is 11.2 Å². The molecule has 5 saturated heterocycles. The summed E-state index contributed by atoms with van der Waals surface area (Å²) in [6.07, 6.45) is 10.3. The van der Waals surface area contributed by atoms with Crippen molar-refractivity contribution in [1.29, 1.82) is 0 Å². The van der Waals surface area contributed by atoms with Crippen LogP contribution in [0.2, 0.25) is 10.0 Å². The number of aromatic amines is 2. The lowest BCUT2D eigenvalue weighted by Crippen LogP contribution is -2.64. The van der Waals surface area contributed by atoms with Gasteiger partial charge in [-0.3, -0.25) is 29.3 Å². The molecule has 7 aliphatic rings. The minimum atomic E-state index is -0.495. The normalized spacial score (nSPS) is 22.6. The van der Waals surface area contributed by atoms with E-state index in [-0.39, 0.29) is 52.0 Å². The van der Waals surface area contributed by atoms with Crippen molar-refractivity contribution in [2.45, 2.75) is 202 Å². The Morgan fingerprint density at radius 2 is 1.10 bits per heavy atom. The first-order valence-electron chi connectivity index (χ1n) is 31.2. The largest absolute Gasteiger partial charge is 0.444 e. The molecule has 0 radical (unpaired) electrons. The summed E-state index contributed by atoms with van der Waals surface area (Å²) in [5.74, 6) is 2.16. The summed E-state index contributed by atoms with van der Waals surface area (Å²) in [5.41, 5.74) is 8.95. The highest BCUT2D eigenvalue weighted by atomic mass is 35.5. The van der Waals surface area contributed by atoms with E-state index in [4.69, 9.17) is 47.6 Å². The molecule has 2 aliphatic carbocycles. The van der Waals surface area contributed by atoms with Crippen LogP contribution in [-0.4, -0.2) is 166 Å². The van der Waals surface area contributed by atoms with Gasteiger partial charge in [0.1, 0.15) is 17.0 Å². The molecule has 86 heavy (non-hydrogen) atoms. The molecule has 9 heterocycles. The number of aromatic nitrogens is 8. The van der Waals surface area contributed by atoms with Crippen molar-refractivity contribution in [3.05, 3.63) is 57.1 Å². The number of likely N-dealkylation sites (N-methyl/N-ethyl adjacent to an activating group) is 1. The Morgan fingerprint density at radius 1 is 0.663 bits per heavy atom. The van der Waals surface area contributed by atoms with Gasteiger partial charge in [-0.2, -0.15) is 20.4 Å². The van der Waals surface area contributed by atoms with Crippen molar-refractivity contribution in [3.8, 4) is 22.3 Å². The number of aryl methyl sites for hydroxylation is 2. The Morgan fingerprint density at radius 3 is 1.49 bits per heavy atom. The number of anilines is 2. The number of likely N-dealkylation sites (tertiary alicyclic amines) is 2. The van der Waals surface area contributed by atoms with Crippen LogP contribution in [0.25, 0.3) is 44.1 Å². The molecular weight excluding hydrogens is 1130 g/mol. The van der Waals surface area contributed by atoms with E-state index in [1.807, 2.05) is 76.7 Å². The number of nitrogens with one attached hydrogen (secondary N) is 2. The standard InChI is InChI=1S/C35H50ClN7O3.C30H39ClN6O3/c1-9-41(25-17-45-18-25)23-10-11-42(34(7,8)13-23)31-28(29-26-16-37-38-27(26)12-21(2)30(29)36)22(3)43(39-31)24-14-35(15-24)19-40(20-35)32(44)46-33(4,5)6;1-17-10-22-21(14-32-33-22)24(25(17)31)23-18(2)37(34-26(23)36-9-8-20(38)13-29(36,6)7)19-11-30(12-19)15-35(16-30)27(39)40-28(3,4)5/h12,16,23-25H,9-11,13-15,17-20H2,1-8H3,(H,37,38);10,14,19H,8-9,11-13,15-16H2,1-7H3,(H,32,33). The average Bonchev–Trinajstić information content (AvgIpc) is 1.41. The highest BCUT2D eigenvalue weighted by Crippen LogP contribution is 2.58. The molecule has 0 bridgehead atoms. The highest BCUT2D eigenvalue weighted by Gasteiger charge is 2.57. The molecule has 2 saturated carbocycles. The van der Waals surface area contributed by atoms with Gasteiger partial charge in [0, 0.05) is 124 Å². The average molecular weight is 1220 g/mol. The summed E-state index contributed by atoms with van der Waals surface area (Å²) in [6.45, 7) is 38.3. The van der Waals surface area contributed by atoms with E-state index in [0.717, 1.165) is 174 Å². The fourth-order valence-electron chi connectivity index (χ4n) is 15.6. The highest BCUT2D eigenvalue weighted by molar-refractivity contribution is 6.36. The van der Waals surface area contributed by atoms with Gasteiger partial charge in [0.25, 0.3) is 0 Å². The molecule has 6 aromatic rings. The number of rotatable bonds is 9. The van der Waals surface area contributed by atoms with Crippen molar-refractivity contribution < 1.29 is 28.6 Å². The number of halogens is 2. The fraction of sp³-hybridized carbons (Fsp3) is 0.646. The summed E-state index contributed by atoms with van der Waals surface area (Å²) in [7, 11) is 0. The number of ketones is 1. The van der Waals surface area contributed by atoms with Gasteiger partial charge < -0.3 is 33.8 Å². The van der Waals surface area contributed by atoms with Gasteiger partial charge in [0.05, 0.1) is 64.8 Å². The molecular formula is C65H89Cl2N13O6. The maximum absolute atomic E-state index is 12.7. The van der Waals surface area contributed by atoms with E-state index >= 15 is 0 Å². The second kappa shape index (κ2) is 21.4. The zero-order valence-electron chi connectivity index (χ0n) is 53.3. The Bertz CT molecular complexity index is 3620. The maximum Gasteiger partial charge on any atom is 0.410 e. The SMILES string of the molecule is CCN(C1COC1)C1CCN(c2nn(C3CC4(C3)CN(C(=O)OC(C)(C)C)C4)c(C)c2-c2c(Cl)c(C)cc3[nH]ncc23)C(C)(C)C1.Cc1cc2[nH]ncc2c(-c2c(N3CCC(=O)CC3(C)C)nn(C3CC4(C3)CN(C(=O)OC(C)(C)C)C4)c2C)c1Cl. The second-order valence-corrected chi connectivity index (χ2v) is 30.5. The smallest absolute Gasteiger partial charge is 0.410 e. The third kappa shape index (κ3) is 10.7. The molecule has 2 amide bonds. The Hall–Kier alpha value is -5.89. The molecule has 19 nitrogen and oxygen atoms in total. The molecule has 1 atom stereocenters. The number of ether oxygens (including phenoxy) is 3. The number of amides is 2. The number of carbonyl (C=O) groups excluding carboxylic acids is 3. The van der Waals surface area contributed by atoms with E-state index in [9.17, 15) is 14.4 Å². The zero-order chi connectivity index (χ0) is 61.5. The third-order valence-corrected chi connectivity index (χ3v) is 20.8. The van der Waals surface area contributed by atoms with Crippen LogP contribution in [0.4, 0.5) is 21.2 Å². The number of piperidine rings is 2. The summed E-state index contributed by atoms with van der Waals surface area (Å²) in [4.78, 5) is 48.7. The molecule has 2 aromatic carbocycles. The topological polar surface area (TPSA) is 188 Å². The minimum Gasteiger partial charge on any atom is -0.444 e. The maximum atomic E-state index is 12.7. The van der Waals surface area contributed by atoms with Gasteiger partial charge in [0.2, 0.25) is 0 Å². The molecule has 5 aliphatic heterocycles. The van der Waals surface area contributed by atoms with E-state index in [1.54, 1.807) is 0 Å². The van der Waals surface area contributed by atoms with Gasteiger partial charge in [-0.05, 0) is 165 Å². The van der Waals surface area contributed by atoms with Crippen LogP contribution in [0.1, 0.15) is 162 Å². The van der Waals surface area contributed by atoms with Crippen LogP contribution in [-0.2, 0) is 19.0 Å². The van der Waals surface area contributed by atoms with Crippen molar-refractivity contribution in [1.82, 2.24) is 54.7 Å². The number of hydrogen-bond acceptors (Lipinski definition) is 13. The lowest BCUT2D eigenvalue weighted by molar-refractivity contribution is -0.121. The number of hydrogen-bond donors (Lipinski definition) is 2. The number of benzene rings is 2. The van der Waals surface area contributed by atoms with Gasteiger partial charge in [0.15, 0.2) is 11.6 Å². The quantitative estimate of drug-likeness (QED) is 0.139. The van der Waals surface area contributed by atoms with Crippen LogP contribution in [0, 0.1) is 38.5 Å². The van der Waals surface area contributed by atoms with E-state index in [2.05, 4.69) is 106 Å². The molecule has 1 unspecified atom stereocenters. The minimum absolute atomic E-state index is 0.115. The summed E-state index contributed by atoms with van der Waals surface area (Å²) in [5, 5.41) is 29.2. The molecule has 2 N–H and O–H groups in total. The van der Waals surface area contributed by atoms with Crippen molar-refractivity contribution >= 4 is 74.6 Å². The van der Waals surface area contributed by atoms with Gasteiger partial charge in [-0.25, -0.2) is 9.59 Å². The summed E-state index contributed by atoms with van der Waals surface area (Å²) < 4.78 is 21.2. The fourth-order valence-corrected chi connectivity index (χ4v) is 16.1. The zero-order valence-corrected chi connectivity index (χ0v) is 54.8. The third-order valence-electron chi connectivity index (χ3n) is 19.8. The second-order valence-electron chi connectivity index (χ2n) is 29.7. The number of Topliss-reactive ketones (excluding diaryl/α,β-unsaturated/α-hetero) is 1. The van der Waals surface area contributed by atoms with Crippen LogP contribution in [0.3, 0.4) is 0 Å². The predicted octanol–water partition coefficient (Wildman–Crippen LogP) is 13.0. The first-order chi connectivity index (χ1) is 40.4. The van der Waals surface area contributed by atoms with Crippen molar-refractivity contribution in [2.24, 2.45) is 10.8 Å². The van der Waals surface area contributed by atoms with Crippen molar-refractivity contribution in [3.63, 3.8) is 0 Å². The molecule has 13 rings (SSSR count). The van der Waals surface area contributed by atoms with Crippen LogP contribution in [0.5, 0.6) is 0 Å². The molecule has 464 valence electrons. The number of carbonyl (C=O) groups is 3. The first kappa shape index (κ1) is 60.4. The molecule has 21 heteroatoms. The van der Waals surface area contributed by atoms with Crippen LogP contribution in [0.15, 0.2) is 24.5 Å². The summed E-state index contributed by atoms with van der Waals surface area (Å²) in [6, 6.07) is 5.64. The van der Waals surface area contributed by atoms with Crippen LogP contribution >= 0.6 is 23.2 Å². The molecule has 4 aromatic heterocycles. The number of fused-ring (bicyclic) bond motifs is 2. The Labute approximate surface area is 516 Å². The van der Waals surface area contributed by atoms with E-state index in [0.29, 0.717) is 36.5 Å². The van der Waals surface area contributed by atoms with Gasteiger partial charge in [-0.15, -0.1) is 0 Å². The van der Waals surface area contributed by atoms with Gasteiger partial charge >= 0.3 is 12.2 Å². The lowest BCUT2D eigenvalue weighted by Gasteiger charge is -2.58. The number of nitrogens with zero attached hydrogens (tertiary/aromatic N) is 11. The Kier molecular flexibility index (Phi) is 15.0. The van der Waals surface area contributed by atoms with Crippen LogP contribution < -0.4 is 9.80 Å².